The van der Waals surface area contributed by atoms with E-state index < -0.39 is 12.6 Å². The number of aliphatic hydroxyl groups excluding tert-OH is 1. The van der Waals surface area contributed by atoms with Crippen molar-refractivity contribution < 1.29 is 24.2 Å². The number of aliphatic hydroxyl groups is 1. The third kappa shape index (κ3) is 9.80. The summed E-state index contributed by atoms with van der Waals surface area (Å²) in [6.07, 6.45) is 20.1. The van der Waals surface area contributed by atoms with Gasteiger partial charge in [-0.1, -0.05) is 64.0 Å². The van der Waals surface area contributed by atoms with Gasteiger partial charge in [0.2, 0.25) is 0 Å². The fourth-order valence-corrected chi connectivity index (χ4v) is 8.28. The van der Waals surface area contributed by atoms with E-state index in [1.165, 1.54) is 83.5 Å². The monoisotopic (exact) mass is 606 g/mol. The molecule has 0 saturated heterocycles. The van der Waals surface area contributed by atoms with Gasteiger partial charge in [0.15, 0.2) is 0 Å². The van der Waals surface area contributed by atoms with Crippen LogP contribution in [-0.4, -0.2) is 36.9 Å². The van der Waals surface area contributed by atoms with Crippen molar-refractivity contribution in [1.29, 1.82) is 0 Å². The molecule has 244 valence electrons. The van der Waals surface area contributed by atoms with Gasteiger partial charge in [-0.3, -0.25) is 0 Å². The highest BCUT2D eigenvalue weighted by molar-refractivity contribution is 5.88. The molecule has 2 fully saturated rings. The van der Waals surface area contributed by atoms with Crippen LogP contribution in [0.15, 0.2) is 42.5 Å². The van der Waals surface area contributed by atoms with E-state index in [0.717, 1.165) is 30.6 Å². The van der Waals surface area contributed by atoms with Crippen LogP contribution in [0.25, 0.3) is 0 Å². The summed E-state index contributed by atoms with van der Waals surface area (Å²) in [6, 6.07) is 7.50. The van der Waals surface area contributed by atoms with Crippen LogP contribution in [0.2, 0.25) is 0 Å². The molecule has 0 radical (unpaired) electrons. The molecule has 0 aliphatic heterocycles. The van der Waals surface area contributed by atoms with Crippen LogP contribution in [0.1, 0.15) is 126 Å². The highest BCUT2D eigenvalue weighted by atomic mass is 16.5. The summed E-state index contributed by atoms with van der Waals surface area (Å²) < 4.78 is 10.9. The molecule has 0 spiro atoms. The summed E-state index contributed by atoms with van der Waals surface area (Å²) in [5.41, 5.74) is 5.30. The number of carbonyl (C=O) groups excluding carboxylic acids is 2. The van der Waals surface area contributed by atoms with Crippen molar-refractivity contribution in [3.63, 3.8) is 0 Å². The SMILES string of the molecule is C=C(C)C(=O)OCC(CCOC(=O)C(=C)CO)C1CCC(C2CCC(c3ccc4c(c3)CCC(CCCCC)C4)CC2)CC1. The lowest BCUT2D eigenvalue weighted by Crippen LogP contribution is -2.31. The first-order valence-corrected chi connectivity index (χ1v) is 17.7. The molecule has 2 saturated carbocycles. The first-order chi connectivity index (χ1) is 21.3. The lowest BCUT2D eigenvalue weighted by Gasteiger charge is -2.40. The summed E-state index contributed by atoms with van der Waals surface area (Å²) in [5, 5.41) is 9.13. The third-order valence-electron chi connectivity index (χ3n) is 11.1. The molecule has 2 atom stereocenters. The van der Waals surface area contributed by atoms with Crippen molar-refractivity contribution in [3.8, 4) is 0 Å². The molecular weight excluding hydrogens is 548 g/mol. The quantitative estimate of drug-likeness (QED) is 0.123. The second kappa shape index (κ2) is 17.3. The minimum Gasteiger partial charge on any atom is -0.462 e. The molecule has 1 N–H and O–H groups in total. The van der Waals surface area contributed by atoms with Gasteiger partial charge in [0.25, 0.3) is 0 Å². The van der Waals surface area contributed by atoms with E-state index in [0.29, 0.717) is 30.4 Å². The number of rotatable bonds is 15. The smallest absolute Gasteiger partial charge is 0.335 e. The maximum atomic E-state index is 12.1. The average molecular weight is 607 g/mol. The summed E-state index contributed by atoms with van der Waals surface area (Å²) in [6.45, 7) is 11.4. The molecule has 44 heavy (non-hydrogen) atoms. The van der Waals surface area contributed by atoms with E-state index in [1.54, 1.807) is 23.6 Å². The Kier molecular flexibility index (Phi) is 13.6. The summed E-state index contributed by atoms with van der Waals surface area (Å²) in [7, 11) is 0. The molecule has 5 heteroatoms. The fourth-order valence-electron chi connectivity index (χ4n) is 8.28. The van der Waals surface area contributed by atoms with E-state index >= 15 is 0 Å². The zero-order valence-corrected chi connectivity index (χ0v) is 27.6. The van der Waals surface area contributed by atoms with E-state index in [1.807, 2.05) is 0 Å². The van der Waals surface area contributed by atoms with Crippen LogP contribution in [0.4, 0.5) is 0 Å². The van der Waals surface area contributed by atoms with Crippen molar-refractivity contribution >= 4 is 11.9 Å². The van der Waals surface area contributed by atoms with Crippen molar-refractivity contribution in [3.05, 3.63) is 59.2 Å². The first-order valence-electron chi connectivity index (χ1n) is 17.7. The first kappa shape index (κ1) is 34.5. The number of unbranched alkanes of at least 4 members (excludes halogenated alkanes) is 2. The molecular formula is C39H58O5. The van der Waals surface area contributed by atoms with Crippen LogP contribution < -0.4 is 0 Å². The number of aryl methyl sites for hydroxylation is 1. The molecule has 0 aromatic heterocycles. The average Bonchev–Trinajstić information content (AvgIpc) is 3.05. The van der Waals surface area contributed by atoms with Gasteiger partial charge in [0.05, 0.1) is 25.4 Å². The van der Waals surface area contributed by atoms with Gasteiger partial charge < -0.3 is 14.6 Å². The van der Waals surface area contributed by atoms with Gasteiger partial charge in [-0.25, -0.2) is 9.59 Å². The molecule has 1 aromatic carbocycles. The van der Waals surface area contributed by atoms with Gasteiger partial charge in [-0.2, -0.15) is 0 Å². The molecule has 1 aromatic rings. The Morgan fingerprint density at radius 2 is 1.61 bits per heavy atom. The van der Waals surface area contributed by atoms with E-state index in [-0.39, 0.29) is 24.1 Å². The predicted octanol–water partition coefficient (Wildman–Crippen LogP) is 8.67. The van der Waals surface area contributed by atoms with Gasteiger partial charge >= 0.3 is 11.9 Å². The maximum Gasteiger partial charge on any atom is 0.335 e. The Balaban J connectivity index is 1.23. The fraction of sp³-hybridized carbons (Fsp3) is 0.692. The van der Waals surface area contributed by atoms with E-state index in [4.69, 9.17) is 14.6 Å². The molecule has 5 nitrogen and oxygen atoms in total. The minimum atomic E-state index is -0.564. The largest absolute Gasteiger partial charge is 0.462 e. The topological polar surface area (TPSA) is 72.8 Å². The second-order valence-electron chi connectivity index (χ2n) is 14.2. The number of benzene rings is 1. The van der Waals surface area contributed by atoms with Gasteiger partial charge in [0.1, 0.15) is 0 Å². The van der Waals surface area contributed by atoms with Crippen molar-refractivity contribution in [2.75, 3.05) is 19.8 Å². The van der Waals surface area contributed by atoms with E-state index in [9.17, 15) is 9.59 Å². The zero-order valence-electron chi connectivity index (χ0n) is 27.6. The molecule has 4 rings (SSSR count). The molecule has 0 bridgehead atoms. The van der Waals surface area contributed by atoms with Crippen LogP contribution >= 0.6 is 0 Å². The molecule has 2 unspecified atom stereocenters. The number of fused-ring (bicyclic) bond motifs is 1. The number of esters is 2. The van der Waals surface area contributed by atoms with Crippen molar-refractivity contribution in [2.45, 2.75) is 122 Å². The highest BCUT2D eigenvalue weighted by Crippen LogP contribution is 2.46. The molecule has 3 aliphatic carbocycles. The van der Waals surface area contributed by atoms with Gasteiger partial charge in [0, 0.05) is 5.57 Å². The van der Waals surface area contributed by atoms with Crippen LogP contribution in [0.5, 0.6) is 0 Å². The summed E-state index contributed by atoms with van der Waals surface area (Å²) >= 11 is 0. The maximum absolute atomic E-state index is 12.1. The zero-order chi connectivity index (χ0) is 31.5. The number of carbonyl (C=O) groups is 2. The molecule has 3 aliphatic rings. The summed E-state index contributed by atoms with van der Waals surface area (Å²) in [4.78, 5) is 24.1. The molecule has 0 amide bonds. The Morgan fingerprint density at radius 1 is 0.909 bits per heavy atom. The van der Waals surface area contributed by atoms with Crippen molar-refractivity contribution in [1.82, 2.24) is 0 Å². The van der Waals surface area contributed by atoms with Gasteiger partial charge in [-0.05, 0) is 136 Å². The number of hydrogen-bond donors (Lipinski definition) is 1. The Bertz CT molecular complexity index is 1110. The number of hydrogen-bond acceptors (Lipinski definition) is 5. The van der Waals surface area contributed by atoms with Gasteiger partial charge in [-0.15, -0.1) is 0 Å². The third-order valence-corrected chi connectivity index (χ3v) is 11.1. The van der Waals surface area contributed by atoms with Crippen LogP contribution in [-0.2, 0) is 31.9 Å². The van der Waals surface area contributed by atoms with Crippen molar-refractivity contribution in [2.24, 2.45) is 29.6 Å². The standard InChI is InChI=1S/C39H58O5/c1-5-6-7-8-29-9-10-36-24-35(20-19-34(36)23-29)32-15-11-30(12-16-32)31-13-17-33(18-14-31)37(26-44-38(41)27(2)3)21-22-43-39(42)28(4)25-40/h19-20,24,29-33,37,40H,2,4-18,21-23,25-26H2,1,3H3. The lowest BCUT2D eigenvalue weighted by atomic mass is 9.66. The highest BCUT2D eigenvalue weighted by Gasteiger charge is 2.34. The second-order valence-corrected chi connectivity index (χ2v) is 14.2. The van der Waals surface area contributed by atoms with Crippen LogP contribution in [0, 0.1) is 29.6 Å². The Labute approximate surface area is 266 Å². The minimum absolute atomic E-state index is 0.0587. The van der Waals surface area contributed by atoms with E-state index in [2.05, 4.69) is 38.3 Å². The lowest BCUT2D eigenvalue weighted by molar-refractivity contribution is -0.144. The Hall–Kier alpha value is -2.40. The normalized spacial score (nSPS) is 25.8. The Morgan fingerprint density at radius 3 is 2.27 bits per heavy atom. The predicted molar refractivity (Wildman–Crippen MR) is 177 cm³/mol. The van der Waals surface area contributed by atoms with Crippen LogP contribution in [0.3, 0.4) is 0 Å². The molecule has 0 heterocycles. The number of ether oxygens (including phenoxy) is 2. The summed E-state index contributed by atoms with van der Waals surface area (Å²) in [5.74, 6) is 2.86.